The van der Waals surface area contributed by atoms with E-state index in [0.29, 0.717) is 5.91 Å². The summed E-state index contributed by atoms with van der Waals surface area (Å²) in [5.74, 6) is 1.37. The van der Waals surface area contributed by atoms with Crippen molar-refractivity contribution in [1.82, 2.24) is 9.88 Å². The highest BCUT2D eigenvalue weighted by molar-refractivity contribution is 9.10. The Morgan fingerprint density at radius 1 is 1.29 bits per heavy atom. The zero-order valence-electron chi connectivity index (χ0n) is 13.4. The summed E-state index contributed by atoms with van der Waals surface area (Å²) in [5.41, 5.74) is 1.34. The van der Waals surface area contributed by atoms with Crippen molar-refractivity contribution >= 4 is 39.0 Å². The molecule has 1 fully saturated rings. The minimum Gasteiger partial charge on any atom is -0.356 e. The number of rotatable bonds is 2. The molecule has 1 unspecified atom stereocenters. The van der Waals surface area contributed by atoms with Gasteiger partial charge in [0.15, 0.2) is 0 Å². The van der Waals surface area contributed by atoms with Crippen LogP contribution in [0.5, 0.6) is 0 Å². The molecule has 2 aromatic rings. The molecule has 0 N–H and O–H groups in total. The summed E-state index contributed by atoms with van der Waals surface area (Å²) in [4.78, 5) is 23.2. The third-order valence-corrected chi connectivity index (χ3v) is 6.42. The molecule has 0 aliphatic carbocycles. The van der Waals surface area contributed by atoms with Crippen molar-refractivity contribution in [3.8, 4) is 0 Å². The van der Waals surface area contributed by atoms with E-state index in [1.54, 1.807) is 0 Å². The van der Waals surface area contributed by atoms with E-state index in [0.717, 1.165) is 55.7 Å². The number of anilines is 1. The molecular weight excluding hydrogens is 386 g/mol. The number of pyridine rings is 1. The van der Waals surface area contributed by atoms with Crippen LogP contribution in [-0.2, 0) is 17.8 Å². The lowest BCUT2D eigenvalue weighted by molar-refractivity contribution is -0.136. The second kappa shape index (κ2) is 6.84. The molecule has 6 heteroatoms. The van der Waals surface area contributed by atoms with Gasteiger partial charge in [0.1, 0.15) is 5.82 Å². The third kappa shape index (κ3) is 3.22. The first-order valence-electron chi connectivity index (χ1n) is 8.41. The molecule has 4 rings (SSSR count). The van der Waals surface area contributed by atoms with E-state index in [-0.39, 0.29) is 5.92 Å². The predicted octanol–water partition coefficient (Wildman–Crippen LogP) is 3.71. The molecule has 1 amide bonds. The average molecular weight is 406 g/mol. The minimum absolute atomic E-state index is 0.0874. The maximum absolute atomic E-state index is 13.0. The number of aromatic nitrogens is 1. The molecule has 0 aromatic carbocycles. The van der Waals surface area contributed by atoms with E-state index in [4.69, 9.17) is 0 Å². The van der Waals surface area contributed by atoms with Crippen LogP contribution in [0.25, 0.3) is 0 Å². The van der Waals surface area contributed by atoms with Crippen molar-refractivity contribution in [2.75, 3.05) is 24.5 Å². The Kier molecular flexibility index (Phi) is 4.59. The van der Waals surface area contributed by atoms with Gasteiger partial charge in [-0.05, 0) is 64.3 Å². The lowest BCUT2D eigenvalue weighted by atomic mass is 9.95. The lowest BCUT2D eigenvalue weighted by Crippen LogP contribution is -2.46. The molecule has 2 aromatic heterocycles. The fraction of sp³-hybridized carbons (Fsp3) is 0.444. The first kappa shape index (κ1) is 16.1. The van der Waals surface area contributed by atoms with Gasteiger partial charge in [-0.3, -0.25) is 4.79 Å². The van der Waals surface area contributed by atoms with Crippen LogP contribution < -0.4 is 4.90 Å². The minimum atomic E-state index is 0.0874. The third-order valence-electron chi connectivity index (χ3n) is 4.93. The molecule has 0 spiro atoms. The van der Waals surface area contributed by atoms with Gasteiger partial charge in [-0.1, -0.05) is 0 Å². The Bertz CT molecular complexity index is 730. The average Bonchev–Trinajstić information content (AvgIpc) is 3.09. The summed E-state index contributed by atoms with van der Waals surface area (Å²) in [5, 5.41) is 2.14. The van der Waals surface area contributed by atoms with Gasteiger partial charge in [-0.2, -0.15) is 0 Å². The van der Waals surface area contributed by atoms with Gasteiger partial charge in [0, 0.05) is 41.7 Å². The summed E-state index contributed by atoms with van der Waals surface area (Å²) in [7, 11) is 0. The largest absolute Gasteiger partial charge is 0.356 e. The summed E-state index contributed by atoms with van der Waals surface area (Å²) >= 11 is 5.24. The van der Waals surface area contributed by atoms with E-state index in [9.17, 15) is 4.79 Å². The predicted molar refractivity (Wildman–Crippen MR) is 100 cm³/mol. The van der Waals surface area contributed by atoms with Crippen LogP contribution in [0.1, 0.15) is 23.3 Å². The maximum atomic E-state index is 13.0. The fourth-order valence-corrected chi connectivity index (χ4v) is 4.76. The molecular formula is C18H20BrN3OS. The quantitative estimate of drug-likeness (QED) is 0.763. The van der Waals surface area contributed by atoms with Crippen LogP contribution in [0.3, 0.4) is 0 Å². The van der Waals surface area contributed by atoms with E-state index >= 15 is 0 Å². The normalized spacial score (nSPS) is 20.8. The van der Waals surface area contributed by atoms with Gasteiger partial charge >= 0.3 is 0 Å². The van der Waals surface area contributed by atoms with Crippen molar-refractivity contribution in [2.45, 2.75) is 25.8 Å². The van der Waals surface area contributed by atoms with Gasteiger partial charge in [0.25, 0.3) is 0 Å². The summed E-state index contributed by atoms with van der Waals surface area (Å²) in [6.45, 7) is 3.40. The van der Waals surface area contributed by atoms with E-state index < -0.39 is 0 Å². The Labute approximate surface area is 154 Å². The summed E-state index contributed by atoms with van der Waals surface area (Å²) in [6, 6.07) is 6.20. The monoisotopic (exact) mass is 405 g/mol. The molecule has 2 aliphatic rings. The van der Waals surface area contributed by atoms with E-state index in [1.165, 1.54) is 10.4 Å². The zero-order chi connectivity index (χ0) is 16.5. The lowest BCUT2D eigenvalue weighted by Gasteiger charge is -2.36. The molecule has 0 radical (unpaired) electrons. The molecule has 0 bridgehead atoms. The molecule has 126 valence electrons. The second-order valence-electron chi connectivity index (χ2n) is 6.50. The Balaban J connectivity index is 1.44. The number of halogens is 1. The van der Waals surface area contributed by atoms with Gasteiger partial charge in [-0.15, -0.1) is 11.3 Å². The first-order chi connectivity index (χ1) is 11.7. The number of fused-ring (bicyclic) bond motifs is 1. The van der Waals surface area contributed by atoms with Gasteiger partial charge in [0.2, 0.25) is 5.91 Å². The van der Waals surface area contributed by atoms with Crippen LogP contribution in [0.15, 0.2) is 34.2 Å². The Morgan fingerprint density at radius 3 is 3.04 bits per heavy atom. The number of nitrogens with zero attached hydrogens (tertiary/aromatic N) is 3. The number of carbonyl (C=O) groups excluding carboxylic acids is 1. The Morgan fingerprint density at radius 2 is 2.21 bits per heavy atom. The number of carbonyl (C=O) groups is 1. The number of hydrogen-bond acceptors (Lipinski definition) is 4. The Hall–Kier alpha value is -1.40. The molecule has 1 atom stereocenters. The van der Waals surface area contributed by atoms with Crippen LogP contribution >= 0.6 is 27.3 Å². The standard InChI is InChI=1S/C18H20BrN3OS/c19-15-3-4-17(20-10-15)21-7-1-2-14(12-21)18(23)22-8-5-16-13(11-22)6-9-24-16/h3-4,6,9-10,14H,1-2,5,7-8,11-12H2. The van der Waals surface area contributed by atoms with Crippen LogP contribution in [-0.4, -0.2) is 35.4 Å². The van der Waals surface area contributed by atoms with Crippen molar-refractivity contribution in [3.05, 3.63) is 44.7 Å². The van der Waals surface area contributed by atoms with Crippen molar-refractivity contribution in [2.24, 2.45) is 5.92 Å². The summed E-state index contributed by atoms with van der Waals surface area (Å²) in [6.07, 6.45) is 4.86. The smallest absolute Gasteiger partial charge is 0.227 e. The molecule has 24 heavy (non-hydrogen) atoms. The van der Waals surface area contributed by atoms with Crippen molar-refractivity contribution < 1.29 is 4.79 Å². The van der Waals surface area contributed by atoms with Crippen molar-refractivity contribution in [3.63, 3.8) is 0 Å². The fourth-order valence-electron chi connectivity index (χ4n) is 3.64. The number of thiophene rings is 1. The van der Waals surface area contributed by atoms with Gasteiger partial charge in [-0.25, -0.2) is 4.98 Å². The van der Waals surface area contributed by atoms with Gasteiger partial charge < -0.3 is 9.80 Å². The van der Waals surface area contributed by atoms with Crippen LogP contribution in [0.4, 0.5) is 5.82 Å². The van der Waals surface area contributed by atoms with Crippen molar-refractivity contribution in [1.29, 1.82) is 0 Å². The highest BCUT2D eigenvalue weighted by Gasteiger charge is 2.31. The molecule has 4 heterocycles. The zero-order valence-corrected chi connectivity index (χ0v) is 15.9. The maximum Gasteiger partial charge on any atom is 0.227 e. The van der Waals surface area contributed by atoms with E-state index in [1.807, 2.05) is 29.7 Å². The highest BCUT2D eigenvalue weighted by atomic mass is 79.9. The first-order valence-corrected chi connectivity index (χ1v) is 10.1. The van der Waals surface area contributed by atoms with Crippen LogP contribution in [0, 0.1) is 5.92 Å². The SMILES string of the molecule is O=C(C1CCCN(c2ccc(Br)cn2)C1)N1CCc2sccc2C1. The molecule has 1 saturated heterocycles. The second-order valence-corrected chi connectivity index (χ2v) is 8.41. The number of hydrogen-bond donors (Lipinski definition) is 0. The van der Waals surface area contributed by atoms with Gasteiger partial charge in [0.05, 0.1) is 5.92 Å². The topological polar surface area (TPSA) is 36.4 Å². The van der Waals surface area contributed by atoms with Crippen LogP contribution in [0.2, 0.25) is 0 Å². The highest BCUT2D eigenvalue weighted by Crippen LogP contribution is 2.28. The van der Waals surface area contributed by atoms with E-state index in [2.05, 4.69) is 42.2 Å². The number of piperidine rings is 1. The molecule has 2 aliphatic heterocycles. The number of amides is 1. The molecule has 4 nitrogen and oxygen atoms in total. The molecule has 0 saturated carbocycles. The summed E-state index contributed by atoms with van der Waals surface area (Å²) < 4.78 is 0.982.